The minimum atomic E-state index is -0.515. The van der Waals surface area contributed by atoms with Crippen molar-refractivity contribution in [2.45, 2.75) is 71.7 Å². The van der Waals surface area contributed by atoms with Crippen molar-refractivity contribution in [3.8, 4) is 5.75 Å². The van der Waals surface area contributed by atoms with Gasteiger partial charge in [0.05, 0.1) is 12.2 Å². The fourth-order valence-electron chi connectivity index (χ4n) is 2.13. The van der Waals surface area contributed by atoms with E-state index >= 15 is 0 Å². The molecule has 0 heterocycles. The number of nitrogens with one attached hydrogen (secondary N) is 1. The van der Waals surface area contributed by atoms with Gasteiger partial charge in [0.15, 0.2) is 0 Å². The van der Waals surface area contributed by atoms with Crippen molar-refractivity contribution in [3.63, 3.8) is 0 Å². The van der Waals surface area contributed by atoms with Crippen molar-refractivity contribution in [1.82, 2.24) is 5.32 Å². The summed E-state index contributed by atoms with van der Waals surface area (Å²) in [5.74, 6) is 0.773. The first-order chi connectivity index (χ1) is 11.8. The summed E-state index contributed by atoms with van der Waals surface area (Å²) in [5, 5.41) is 2.74. The van der Waals surface area contributed by atoms with E-state index in [9.17, 15) is 4.79 Å². The van der Waals surface area contributed by atoms with Gasteiger partial charge < -0.3 is 25.3 Å². The molecule has 148 valence electrons. The van der Waals surface area contributed by atoms with E-state index in [1.165, 1.54) is 0 Å². The molecule has 6 nitrogen and oxygen atoms in total. The van der Waals surface area contributed by atoms with Crippen LogP contribution in [-0.4, -0.2) is 36.0 Å². The van der Waals surface area contributed by atoms with Crippen molar-refractivity contribution in [2.24, 2.45) is 0 Å². The third kappa shape index (κ3) is 9.51. The Kier molecular flexibility index (Phi) is 7.33. The fourth-order valence-corrected chi connectivity index (χ4v) is 2.13. The molecular formula is C20H34N2O4. The highest BCUT2D eigenvalue weighted by Gasteiger charge is 2.25. The molecular weight excluding hydrogens is 332 g/mol. The maximum absolute atomic E-state index is 11.7. The zero-order chi connectivity index (χ0) is 20.0. The predicted octanol–water partition coefficient (Wildman–Crippen LogP) is 4.14. The van der Waals surface area contributed by atoms with Gasteiger partial charge in [-0.3, -0.25) is 0 Å². The Labute approximate surface area is 157 Å². The third-order valence-corrected chi connectivity index (χ3v) is 3.53. The van der Waals surface area contributed by atoms with Gasteiger partial charge in [0.1, 0.15) is 17.0 Å². The van der Waals surface area contributed by atoms with Crippen LogP contribution < -0.4 is 15.8 Å². The van der Waals surface area contributed by atoms with E-state index in [4.69, 9.17) is 19.9 Å². The molecule has 26 heavy (non-hydrogen) atoms. The Hall–Kier alpha value is -1.95. The first kappa shape index (κ1) is 22.1. The molecule has 1 aromatic rings. The van der Waals surface area contributed by atoms with Crippen LogP contribution >= 0.6 is 0 Å². The summed E-state index contributed by atoms with van der Waals surface area (Å²) in [4.78, 5) is 11.7. The number of nitrogen functional groups attached to an aromatic ring is 1. The Bertz CT molecular complexity index is 574. The number of hydrogen-bond donors (Lipinski definition) is 2. The number of ether oxygens (including phenoxy) is 3. The number of nitrogens with two attached hydrogens (primary N) is 1. The monoisotopic (exact) mass is 366 g/mol. The number of rotatable bonds is 8. The minimum absolute atomic E-state index is 0.362. The standard InChI is InChI=1S/C20H34N2O4/c1-18(2,3)26-17(23)22-14-20(6,7)24-13-12-19(4,5)25-16-10-8-15(21)9-11-16/h8-11H,12-14,21H2,1-7H3,(H,22,23). The van der Waals surface area contributed by atoms with Gasteiger partial charge >= 0.3 is 6.09 Å². The first-order valence-corrected chi connectivity index (χ1v) is 8.93. The molecule has 0 aliphatic rings. The van der Waals surface area contributed by atoms with Crippen molar-refractivity contribution in [2.75, 3.05) is 18.9 Å². The fraction of sp³-hybridized carbons (Fsp3) is 0.650. The van der Waals surface area contributed by atoms with E-state index < -0.39 is 17.3 Å². The second kappa shape index (κ2) is 8.62. The van der Waals surface area contributed by atoms with E-state index in [2.05, 4.69) is 5.32 Å². The smallest absolute Gasteiger partial charge is 0.407 e. The molecule has 1 aromatic carbocycles. The average Bonchev–Trinajstić information content (AvgIpc) is 2.45. The first-order valence-electron chi connectivity index (χ1n) is 8.93. The van der Waals surface area contributed by atoms with Crippen molar-refractivity contribution < 1.29 is 19.0 Å². The quantitative estimate of drug-likeness (QED) is 0.676. The lowest BCUT2D eigenvalue weighted by molar-refractivity contribution is -0.0406. The van der Waals surface area contributed by atoms with Gasteiger partial charge in [0.25, 0.3) is 0 Å². The van der Waals surface area contributed by atoms with Crippen LogP contribution in [0.15, 0.2) is 24.3 Å². The summed E-state index contributed by atoms with van der Waals surface area (Å²) in [6.07, 6.45) is 0.258. The Morgan fingerprint density at radius 3 is 2.12 bits per heavy atom. The lowest BCUT2D eigenvalue weighted by Gasteiger charge is -2.30. The number of alkyl carbamates (subject to hydrolysis) is 1. The second-order valence-electron chi connectivity index (χ2n) is 8.64. The number of hydrogen-bond acceptors (Lipinski definition) is 5. The van der Waals surface area contributed by atoms with Gasteiger partial charge in [0, 0.05) is 18.7 Å². The molecule has 1 rings (SSSR count). The van der Waals surface area contributed by atoms with Gasteiger partial charge in [0.2, 0.25) is 0 Å². The molecule has 0 saturated heterocycles. The van der Waals surface area contributed by atoms with Crippen LogP contribution in [0.1, 0.15) is 54.9 Å². The molecule has 0 aliphatic heterocycles. The zero-order valence-electron chi connectivity index (χ0n) is 17.1. The Morgan fingerprint density at radius 1 is 1.00 bits per heavy atom. The second-order valence-corrected chi connectivity index (χ2v) is 8.64. The van der Waals surface area contributed by atoms with Crippen LogP contribution in [0, 0.1) is 0 Å². The lowest BCUT2D eigenvalue weighted by atomic mass is 10.1. The molecule has 0 fully saturated rings. The van der Waals surface area contributed by atoms with Crippen molar-refractivity contribution >= 4 is 11.8 Å². The normalized spacial score (nSPS) is 12.6. The highest BCUT2D eigenvalue weighted by atomic mass is 16.6. The lowest BCUT2D eigenvalue weighted by Crippen LogP contribution is -2.43. The summed E-state index contributed by atoms with van der Waals surface area (Å²) in [7, 11) is 0. The Morgan fingerprint density at radius 2 is 1.58 bits per heavy atom. The largest absolute Gasteiger partial charge is 0.488 e. The number of amides is 1. The van der Waals surface area contributed by atoms with Crippen molar-refractivity contribution in [3.05, 3.63) is 24.3 Å². The van der Waals surface area contributed by atoms with Crippen LogP contribution in [0.2, 0.25) is 0 Å². The molecule has 1 amide bonds. The summed E-state index contributed by atoms with van der Waals surface area (Å²) >= 11 is 0. The maximum Gasteiger partial charge on any atom is 0.407 e. The van der Waals surface area contributed by atoms with Gasteiger partial charge in [-0.15, -0.1) is 0 Å². The molecule has 0 bridgehead atoms. The SMILES string of the molecule is CC(C)(C)OC(=O)NCC(C)(C)OCCC(C)(C)Oc1ccc(N)cc1. The molecule has 0 aliphatic carbocycles. The summed E-state index contributed by atoms with van der Waals surface area (Å²) < 4.78 is 17.2. The number of carbonyl (C=O) groups is 1. The van der Waals surface area contributed by atoms with Crippen LogP contribution in [0.25, 0.3) is 0 Å². The van der Waals surface area contributed by atoms with Gasteiger partial charge in [-0.05, 0) is 72.7 Å². The summed E-state index contributed by atoms with van der Waals surface area (Å²) in [5.41, 5.74) is 4.99. The van der Waals surface area contributed by atoms with Crippen LogP contribution in [0.5, 0.6) is 5.75 Å². The number of anilines is 1. The Balaban J connectivity index is 2.39. The molecule has 0 radical (unpaired) electrons. The van der Waals surface area contributed by atoms with Crippen molar-refractivity contribution in [1.29, 1.82) is 0 Å². The molecule has 0 aromatic heterocycles. The highest BCUT2D eigenvalue weighted by molar-refractivity contribution is 5.67. The predicted molar refractivity (Wildman–Crippen MR) is 104 cm³/mol. The van der Waals surface area contributed by atoms with E-state index in [1.807, 2.05) is 72.7 Å². The van der Waals surface area contributed by atoms with E-state index in [1.54, 1.807) is 0 Å². The van der Waals surface area contributed by atoms with Crippen LogP contribution in [0.4, 0.5) is 10.5 Å². The zero-order valence-corrected chi connectivity index (χ0v) is 17.1. The number of benzene rings is 1. The molecule has 3 N–H and O–H groups in total. The van der Waals surface area contributed by atoms with Crippen LogP contribution in [0.3, 0.4) is 0 Å². The maximum atomic E-state index is 11.7. The van der Waals surface area contributed by atoms with Gasteiger partial charge in [-0.2, -0.15) is 0 Å². The van der Waals surface area contributed by atoms with Crippen LogP contribution in [-0.2, 0) is 9.47 Å². The topological polar surface area (TPSA) is 82.8 Å². The highest BCUT2D eigenvalue weighted by Crippen LogP contribution is 2.23. The van der Waals surface area contributed by atoms with E-state index in [-0.39, 0.29) is 5.60 Å². The minimum Gasteiger partial charge on any atom is -0.488 e. The molecule has 0 spiro atoms. The molecule has 0 saturated carbocycles. The van der Waals surface area contributed by atoms with E-state index in [0.29, 0.717) is 25.3 Å². The van der Waals surface area contributed by atoms with E-state index in [0.717, 1.165) is 5.75 Å². The van der Waals surface area contributed by atoms with Gasteiger partial charge in [-0.25, -0.2) is 4.79 Å². The molecule has 6 heteroatoms. The average molecular weight is 367 g/mol. The third-order valence-electron chi connectivity index (χ3n) is 3.53. The molecule has 0 atom stereocenters. The van der Waals surface area contributed by atoms with Gasteiger partial charge in [-0.1, -0.05) is 0 Å². The number of carbonyl (C=O) groups excluding carboxylic acids is 1. The summed E-state index contributed by atoms with van der Waals surface area (Å²) in [6.45, 7) is 14.2. The summed E-state index contributed by atoms with van der Waals surface area (Å²) in [6, 6.07) is 7.33. The molecule has 0 unspecified atom stereocenters.